The van der Waals surface area contributed by atoms with E-state index in [1.165, 1.54) is 11.1 Å². The minimum absolute atomic E-state index is 0.420. The van der Waals surface area contributed by atoms with Crippen molar-refractivity contribution in [2.75, 3.05) is 5.73 Å². The van der Waals surface area contributed by atoms with Crippen molar-refractivity contribution in [3.63, 3.8) is 0 Å². The zero-order valence-electron chi connectivity index (χ0n) is 11.6. The lowest BCUT2D eigenvalue weighted by atomic mass is 9.94. The quantitative estimate of drug-likeness (QED) is 0.896. The molecule has 2 rings (SSSR count). The normalized spacial score (nSPS) is 12.7. The molecule has 18 heavy (non-hydrogen) atoms. The van der Waals surface area contributed by atoms with Crippen molar-refractivity contribution in [3.8, 4) is 11.1 Å². The van der Waals surface area contributed by atoms with Gasteiger partial charge in [-0.25, -0.2) is 0 Å². The van der Waals surface area contributed by atoms with Crippen LogP contribution < -0.4 is 5.73 Å². The molecule has 0 saturated heterocycles. The van der Waals surface area contributed by atoms with Crippen LogP contribution in [0.5, 0.6) is 0 Å². The van der Waals surface area contributed by atoms with Gasteiger partial charge in [-0.1, -0.05) is 38.1 Å². The van der Waals surface area contributed by atoms with Crippen LogP contribution in [0, 0.1) is 6.92 Å². The Labute approximate surface area is 109 Å². The Bertz CT molecular complexity index is 555. The van der Waals surface area contributed by atoms with E-state index in [0.717, 1.165) is 23.5 Å². The van der Waals surface area contributed by atoms with Gasteiger partial charge in [0.1, 0.15) is 5.82 Å². The average Bonchev–Trinajstić information content (AvgIpc) is 2.66. The summed E-state index contributed by atoms with van der Waals surface area (Å²) >= 11 is 0. The van der Waals surface area contributed by atoms with E-state index in [9.17, 15) is 0 Å². The summed E-state index contributed by atoms with van der Waals surface area (Å²) in [6, 6.07) is 8.33. The largest absolute Gasteiger partial charge is 0.383 e. The molecule has 96 valence electrons. The Morgan fingerprint density at radius 2 is 2.00 bits per heavy atom. The summed E-state index contributed by atoms with van der Waals surface area (Å²) < 4.78 is 1.78. The van der Waals surface area contributed by atoms with Gasteiger partial charge in [0.25, 0.3) is 0 Å². The predicted molar refractivity (Wildman–Crippen MR) is 76.5 cm³/mol. The summed E-state index contributed by atoms with van der Waals surface area (Å²) in [5.74, 6) is 1.17. The van der Waals surface area contributed by atoms with Gasteiger partial charge in [-0.05, 0) is 24.5 Å². The van der Waals surface area contributed by atoms with Crippen LogP contribution in [-0.4, -0.2) is 9.78 Å². The number of benzene rings is 1. The maximum absolute atomic E-state index is 6.20. The molecular formula is C15H21N3. The van der Waals surface area contributed by atoms with Crippen LogP contribution in [-0.2, 0) is 7.05 Å². The molecule has 3 heteroatoms. The van der Waals surface area contributed by atoms with Gasteiger partial charge in [-0.3, -0.25) is 4.68 Å². The molecule has 0 radical (unpaired) electrons. The number of nitrogen functional groups attached to an aromatic ring is 1. The number of hydrogen-bond donors (Lipinski definition) is 1. The van der Waals surface area contributed by atoms with E-state index in [0.29, 0.717) is 5.92 Å². The monoisotopic (exact) mass is 243 g/mol. The SMILES string of the molecule is CCC(C)c1nn(C)c(N)c1-c1ccccc1C. The number of hydrogen-bond acceptors (Lipinski definition) is 2. The lowest BCUT2D eigenvalue weighted by Crippen LogP contribution is -1.98. The Balaban J connectivity index is 2.66. The standard InChI is InChI=1S/C15H21N3/c1-5-10(2)14-13(15(16)18(4)17-14)12-9-7-6-8-11(12)3/h6-10H,5,16H2,1-4H3. The van der Waals surface area contributed by atoms with Crippen LogP contribution in [0.15, 0.2) is 24.3 Å². The summed E-state index contributed by atoms with van der Waals surface area (Å²) in [6.45, 7) is 6.49. The highest BCUT2D eigenvalue weighted by Gasteiger charge is 2.20. The van der Waals surface area contributed by atoms with Crippen LogP contribution in [0.1, 0.15) is 37.4 Å². The Morgan fingerprint density at radius 3 is 2.61 bits per heavy atom. The van der Waals surface area contributed by atoms with E-state index in [2.05, 4.69) is 44.1 Å². The van der Waals surface area contributed by atoms with Gasteiger partial charge < -0.3 is 5.73 Å². The highest BCUT2D eigenvalue weighted by molar-refractivity contribution is 5.79. The first-order valence-corrected chi connectivity index (χ1v) is 6.44. The molecule has 1 heterocycles. The zero-order valence-corrected chi connectivity index (χ0v) is 11.6. The van der Waals surface area contributed by atoms with Crippen LogP contribution >= 0.6 is 0 Å². The molecule has 3 nitrogen and oxygen atoms in total. The third kappa shape index (κ3) is 2.01. The second-order valence-corrected chi connectivity index (χ2v) is 4.89. The molecule has 1 aromatic heterocycles. The topological polar surface area (TPSA) is 43.8 Å². The van der Waals surface area contributed by atoms with Crippen LogP contribution in [0.3, 0.4) is 0 Å². The van der Waals surface area contributed by atoms with Gasteiger partial charge in [-0.2, -0.15) is 5.10 Å². The number of anilines is 1. The number of aromatic nitrogens is 2. The maximum atomic E-state index is 6.20. The van der Waals surface area contributed by atoms with Crippen molar-refractivity contribution < 1.29 is 0 Å². The molecule has 1 unspecified atom stereocenters. The minimum Gasteiger partial charge on any atom is -0.383 e. The molecule has 2 N–H and O–H groups in total. The van der Waals surface area contributed by atoms with Gasteiger partial charge in [0.05, 0.1) is 5.69 Å². The summed E-state index contributed by atoms with van der Waals surface area (Å²) in [5, 5.41) is 4.59. The van der Waals surface area contributed by atoms with Crippen LogP contribution in [0.25, 0.3) is 11.1 Å². The minimum atomic E-state index is 0.420. The molecular weight excluding hydrogens is 222 g/mol. The third-order valence-electron chi connectivity index (χ3n) is 3.61. The molecule has 0 fully saturated rings. The second-order valence-electron chi connectivity index (χ2n) is 4.89. The lowest BCUT2D eigenvalue weighted by molar-refractivity contribution is 0.668. The van der Waals surface area contributed by atoms with Crippen LogP contribution in [0.2, 0.25) is 0 Å². The van der Waals surface area contributed by atoms with Crippen molar-refractivity contribution in [1.29, 1.82) is 0 Å². The number of aryl methyl sites for hydroxylation is 2. The highest BCUT2D eigenvalue weighted by atomic mass is 15.3. The molecule has 0 aliphatic rings. The predicted octanol–water partition coefficient (Wildman–Crippen LogP) is 3.49. The van der Waals surface area contributed by atoms with E-state index >= 15 is 0 Å². The summed E-state index contributed by atoms with van der Waals surface area (Å²) in [7, 11) is 1.91. The van der Waals surface area contributed by atoms with E-state index in [4.69, 9.17) is 5.73 Å². The second kappa shape index (κ2) is 4.84. The lowest BCUT2D eigenvalue weighted by Gasteiger charge is -2.11. The van der Waals surface area contributed by atoms with Gasteiger partial charge in [-0.15, -0.1) is 0 Å². The first-order chi connectivity index (χ1) is 8.56. The molecule has 1 aromatic carbocycles. The Hall–Kier alpha value is -1.77. The molecule has 2 aromatic rings. The van der Waals surface area contributed by atoms with Crippen molar-refractivity contribution in [1.82, 2.24) is 9.78 Å². The van der Waals surface area contributed by atoms with E-state index < -0.39 is 0 Å². The fourth-order valence-corrected chi connectivity index (χ4v) is 2.23. The smallest absolute Gasteiger partial charge is 0.129 e. The van der Waals surface area contributed by atoms with Crippen LogP contribution in [0.4, 0.5) is 5.82 Å². The summed E-state index contributed by atoms with van der Waals surface area (Å²) in [4.78, 5) is 0. The molecule has 0 bridgehead atoms. The van der Waals surface area contributed by atoms with Crippen molar-refractivity contribution >= 4 is 5.82 Å². The van der Waals surface area contributed by atoms with Gasteiger partial charge in [0, 0.05) is 18.5 Å². The van der Waals surface area contributed by atoms with Gasteiger partial charge in [0.15, 0.2) is 0 Å². The molecule has 0 amide bonds. The molecule has 1 atom stereocenters. The number of nitrogens with two attached hydrogens (primary N) is 1. The van der Waals surface area contributed by atoms with Crippen molar-refractivity contribution in [3.05, 3.63) is 35.5 Å². The third-order valence-corrected chi connectivity index (χ3v) is 3.61. The van der Waals surface area contributed by atoms with E-state index in [1.807, 2.05) is 13.1 Å². The molecule has 0 aliphatic heterocycles. The molecule has 0 spiro atoms. The molecule has 0 saturated carbocycles. The Morgan fingerprint density at radius 1 is 1.33 bits per heavy atom. The fraction of sp³-hybridized carbons (Fsp3) is 0.400. The van der Waals surface area contributed by atoms with E-state index in [1.54, 1.807) is 4.68 Å². The highest BCUT2D eigenvalue weighted by Crippen LogP contribution is 2.36. The zero-order chi connectivity index (χ0) is 13.3. The first kappa shape index (κ1) is 12.7. The molecule has 0 aliphatic carbocycles. The van der Waals surface area contributed by atoms with E-state index in [-0.39, 0.29) is 0 Å². The maximum Gasteiger partial charge on any atom is 0.129 e. The number of nitrogens with zero attached hydrogens (tertiary/aromatic N) is 2. The first-order valence-electron chi connectivity index (χ1n) is 6.44. The summed E-state index contributed by atoms with van der Waals surface area (Å²) in [6.07, 6.45) is 1.06. The summed E-state index contributed by atoms with van der Waals surface area (Å²) in [5.41, 5.74) is 10.8. The average molecular weight is 243 g/mol. The van der Waals surface area contributed by atoms with Gasteiger partial charge >= 0.3 is 0 Å². The Kier molecular flexibility index (Phi) is 3.41. The van der Waals surface area contributed by atoms with Crippen molar-refractivity contribution in [2.45, 2.75) is 33.1 Å². The number of rotatable bonds is 3. The van der Waals surface area contributed by atoms with Crippen molar-refractivity contribution in [2.24, 2.45) is 7.05 Å². The fourth-order valence-electron chi connectivity index (χ4n) is 2.23. The van der Waals surface area contributed by atoms with Gasteiger partial charge in [0.2, 0.25) is 0 Å².